The molecule has 2 aliphatic rings. The minimum absolute atomic E-state index is 0.192. The molecular formula is C13H18N4O4S. The van der Waals surface area contributed by atoms with E-state index in [0.29, 0.717) is 5.16 Å². The Balaban J connectivity index is 1.79. The molecule has 22 heavy (non-hydrogen) atoms. The molecule has 9 heteroatoms. The molecular weight excluding hydrogens is 308 g/mol. The fourth-order valence-electron chi connectivity index (χ4n) is 3.44. The number of rotatable bonds is 5. The normalized spacial score (nSPS) is 36.4. The van der Waals surface area contributed by atoms with Crippen LogP contribution in [0.25, 0.3) is 0 Å². The van der Waals surface area contributed by atoms with Gasteiger partial charge in [0, 0.05) is 17.1 Å². The van der Waals surface area contributed by atoms with Crippen molar-refractivity contribution in [2.75, 3.05) is 0 Å². The summed E-state index contributed by atoms with van der Waals surface area (Å²) in [5.41, 5.74) is 4.52. The second-order valence-electron chi connectivity index (χ2n) is 6.33. The quantitative estimate of drug-likeness (QED) is 0.613. The first-order valence-electron chi connectivity index (χ1n) is 7.09. The highest BCUT2D eigenvalue weighted by atomic mass is 32.2. The molecule has 0 saturated heterocycles. The summed E-state index contributed by atoms with van der Waals surface area (Å²) in [5.74, 6) is -2.58. The summed E-state index contributed by atoms with van der Waals surface area (Å²) < 4.78 is 0. The molecule has 0 aliphatic heterocycles. The van der Waals surface area contributed by atoms with Crippen molar-refractivity contribution in [1.29, 1.82) is 0 Å². The van der Waals surface area contributed by atoms with Crippen LogP contribution in [0, 0.1) is 17.8 Å². The predicted molar refractivity (Wildman–Crippen MR) is 77.4 cm³/mol. The second kappa shape index (κ2) is 4.95. The van der Waals surface area contributed by atoms with Crippen LogP contribution >= 0.6 is 11.8 Å². The van der Waals surface area contributed by atoms with E-state index in [2.05, 4.69) is 15.2 Å². The van der Waals surface area contributed by atoms with E-state index >= 15 is 0 Å². The van der Waals surface area contributed by atoms with Crippen molar-refractivity contribution in [3.63, 3.8) is 0 Å². The van der Waals surface area contributed by atoms with Gasteiger partial charge in [0.1, 0.15) is 11.4 Å². The summed E-state index contributed by atoms with van der Waals surface area (Å²) in [5, 5.41) is 25.9. The SMILES string of the molecule is CC(C)c1nc(S[C@H]2C[C@@](N)(C(=O)O)C3C2[C@@H]3C(=O)O)n[nH]1. The van der Waals surface area contributed by atoms with Crippen LogP contribution in [-0.2, 0) is 9.59 Å². The Morgan fingerprint density at radius 3 is 2.64 bits per heavy atom. The third-order valence-corrected chi connectivity index (χ3v) is 5.78. The average molecular weight is 326 g/mol. The van der Waals surface area contributed by atoms with Crippen LogP contribution in [0.5, 0.6) is 0 Å². The number of carbonyl (C=O) groups is 2. The molecule has 0 bridgehead atoms. The third kappa shape index (κ3) is 2.19. The van der Waals surface area contributed by atoms with Crippen LogP contribution in [0.1, 0.15) is 32.0 Å². The van der Waals surface area contributed by atoms with Crippen molar-refractivity contribution in [1.82, 2.24) is 15.2 Å². The molecule has 0 aromatic carbocycles. The van der Waals surface area contributed by atoms with Gasteiger partial charge in [-0.2, -0.15) is 0 Å². The Kier molecular flexibility index (Phi) is 3.44. The zero-order chi connectivity index (χ0) is 16.2. The lowest BCUT2D eigenvalue weighted by Crippen LogP contribution is -2.50. The zero-order valence-electron chi connectivity index (χ0n) is 12.2. The molecule has 2 saturated carbocycles. The van der Waals surface area contributed by atoms with Gasteiger partial charge in [-0.05, 0) is 12.3 Å². The number of fused-ring (bicyclic) bond motifs is 1. The van der Waals surface area contributed by atoms with Crippen LogP contribution in [0.15, 0.2) is 5.16 Å². The highest BCUT2D eigenvalue weighted by Crippen LogP contribution is 2.65. The van der Waals surface area contributed by atoms with Gasteiger partial charge in [0.2, 0.25) is 5.16 Å². The highest BCUT2D eigenvalue weighted by Gasteiger charge is 2.74. The van der Waals surface area contributed by atoms with Gasteiger partial charge < -0.3 is 15.9 Å². The Morgan fingerprint density at radius 2 is 2.14 bits per heavy atom. The Hall–Kier alpha value is -1.61. The number of nitrogens with one attached hydrogen (secondary N) is 1. The molecule has 3 rings (SSSR count). The lowest BCUT2D eigenvalue weighted by Gasteiger charge is -2.23. The van der Waals surface area contributed by atoms with E-state index in [1.807, 2.05) is 13.8 Å². The number of hydrogen-bond donors (Lipinski definition) is 4. The topological polar surface area (TPSA) is 142 Å². The number of aromatic amines is 1. The lowest BCUT2D eigenvalue weighted by molar-refractivity contribution is -0.145. The molecule has 5 atom stereocenters. The molecule has 2 aliphatic carbocycles. The number of carboxylic acids is 2. The first kappa shape index (κ1) is 15.3. The van der Waals surface area contributed by atoms with Crippen LogP contribution in [0.4, 0.5) is 0 Å². The number of hydrogen-bond acceptors (Lipinski definition) is 6. The number of carboxylic acid groups (broad SMARTS) is 2. The Labute approximate surface area is 130 Å². The largest absolute Gasteiger partial charge is 0.481 e. The van der Waals surface area contributed by atoms with Crippen LogP contribution in [0.2, 0.25) is 0 Å². The summed E-state index contributed by atoms with van der Waals surface area (Å²) in [6.45, 7) is 3.97. The van der Waals surface area contributed by atoms with Crippen LogP contribution < -0.4 is 5.73 Å². The lowest BCUT2D eigenvalue weighted by atomic mass is 9.91. The van der Waals surface area contributed by atoms with Gasteiger partial charge in [-0.3, -0.25) is 14.7 Å². The highest BCUT2D eigenvalue weighted by molar-refractivity contribution is 7.99. The fourth-order valence-corrected chi connectivity index (χ4v) is 4.81. The van der Waals surface area contributed by atoms with Gasteiger partial charge in [0.05, 0.1) is 5.92 Å². The van der Waals surface area contributed by atoms with Crippen molar-refractivity contribution in [2.24, 2.45) is 23.5 Å². The van der Waals surface area contributed by atoms with Gasteiger partial charge >= 0.3 is 11.9 Å². The number of nitrogens with two attached hydrogens (primary N) is 1. The summed E-state index contributed by atoms with van der Waals surface area (Å²) in [6, 6.07) is 0. The minimum atomic E-state index is -1.47. The van der Waals surface area contributed by atoms with Crippen molar-refractivity contribution >= 4 is 23.7 Å². The van der Waals surface area contributed by atoms with Crippen molar-refractivity contribution in [2.45, 2.75) is 42.1 Å². The molecule has 2 fully saturated rings. The number of thioether (sulfide) groups is 1. The molecule has 120 valence electrons. The minimum Gasteiger partial charge on any atom is -0.481 e. The van der Waals surface area contributed by atoms with Gasteiger partial charge in [-0.1, -0.05) is 25.6 Å². The van der Waals surface area contributed by atoms with E-state index < -0.39 is 29.3 Å². The van der Waals surface area contributed by atoms with E-state index in [9.17, 15) is 19.8 Å². The van der Waals surface area contributed by atoms with Crippen LogP contribution in [0.3, 0.4) is 0 Å². The summed E-state index contributed by atoms with van der Waals surface area (Å²) >= 11 is 1.32. The van der Waals surface area contributed by atoms with Gasteiger partial charge in [0.15, 0.2) is 0 Å². The van der Waals surface area contributed by atoms with E-state index in [1.165, 1.54) is 11.8 Å². The van der Waals surface area contributed by atoms with Crippen molar-refractivity contribution < 1.29 is 19.8 Å². The average Bonchev–Trinajstić information content (AvgIpc) is 2.90. The maximum absolute atomic E-state index is 11.5. The van der Waals surface area contributed by atoms with Gasteiger partial charge in [-0.25, -0.2) is 4.98 Å². The molecule has 1 aromatic rings. The molecule has 0 radical (unpaired) electrons. The smallest absolute Gasteiger partial charge is 0.324 e. The summed E-state index contributed by atoms with van der Waals surface area (Å²) in [6.07, 6.45) is 0.234. The number of aromatic nitrogens is 3. The maximum atomic E-state index is 11.5. The van der Waals surface area contributed by atoms with Gasteiger partial charge in [-0.15, -0.1) is 5.10 Å². The number of H-pyrrole nitrogens is 1. The standard InChI is InChI=1S/C13H18N4O4S/c1-4(2)9-15-12(17-16-9)22-5-3-13(14,11(20)21)8-6(5)7(8)10(18)19/h4-8H,3,14H2,1-2H3,(H,18,19)(H,20,21)(H,15,16,17)/t5-,6?,7-,8?,13-/m0/s1. The monoisotopic (exact) mass is 326 g/mol. The number of nitrogens with zero attached hydrogens (tertiary/aromatic N) is 2. The molecule has 8 nitrogen and oxygen atoms in total. The van der Waals surface area contributed by atoms with Crippen molar-refractivity contribution in [3.8, 4) is 0 Å². The molecule has 0 spiro atoms. The molecule has 2 unspecified atom stereocenters. The maximum Gasteiger partial charge on any atom is 0.324 e. The number of aliphatic carboxylic acids is 2. The van der Waals surface area contributed by atoms with Crippen molar-refractivity contribution in [3.05, 3.63) is 5.82 Å². The summed E-state index contributed by atoms with van der Waals surface area (Å²) in [4.78, 5) is 27.1. The summed E-state index contributed by atoms with van der Waals surface area (Å²) in [7, 11) is 0. The fraction of sp³-hybridized carbons (Fsp3) is 0.692. The van der Waals surface area contributed by atoms with E-state index in [4.69, 9.17) is 5.73 Å². The Morgan fingerprint density at radius 1 is 1.45 bits per heavy atom. The van der Waals surface area contributed by atoms with E-state index in [1.54, 1.807) is 0 Å². The molecule has 0 amide bonds. The zero-order valence-corrected chi connectivity index (χ0v) is 13.0. The van der Waals surface area contributed by atoms with E-state index in [0.717, 1.165) is 5.82 Å². The first-order valence-corrected chi connectivity index (χ1v) is 7.97. The molecule has 5 N–H and O–H groups in total. The predicted octanol–water partition coefficient (Wildman–Crippen LogP) is 0.521. The Bertz CT molecular complexity index is 633. The van der Waals surface area contributed by atoms with Gasteiger partial charge in [0.25, 0.3) is 0 Å². The molecule has 1 heterocycles. The van der Waals surface area contributed by atoms with E-state index in [-0.39, 0.29) is 23.5 Å². The first-order chi connectivity index (χ1) is 10.3. The van der Waals surface area contributed by atoms with Crippen LogP contribution in [-0.4, -0.2) is 48.1 Å². The molecule has 1 aromatic heterocycles. The second-order valence-corrected chi connectivity index (χ2v) is 7.54. The third-order valence-electron chi connectivity index (χ3n) is 4.61.